The normalized spacial score (nSPS) is 14.4. The third-order valence-electron chi connectivity index (χ3n) is 2.86. The van der Waals surface area contributed by atoms with Crippen molar-refractivity contribution in [2.45, 2.75) is 32.7 Å². The van der Waals surface area contributed by atoms with Crippen LogP contribution < -0.4 is 0 Å². The molecule has 2 rings (SSSR count). The number of benzene rings is 1. The molecule has 0 aromatic heterocycles. The molecular formula is C14H17N2OY-. The summed E-state index contributed by atoms with van der Waals surface area (Å²) in [5.41, 5.74) is 1.20. The molecule has 1 aromatic rings. The molecule has 93 valence electrons. The summed E-state index contributed by atoms with van der Waals surface area (Å²) in [4.78, 5) is 17.6. The first-order chi connectivity index (χ1) is 8.29. The number of amidine groups is 1. The molecule has 0 N–H and O–H groups in total. The molecule has 4 heteroatoms. The van der Waals surface area contributed by atoms with Crippen LogP contribution in [0.25, 0.3) is 0 Å². The standard InChI is InChI=1S/C14H17N2O.Y/c1-2-3-9-13-15-14(17)11-16(13)10-12-7-5-4-6-8-12;/h5-8H,2-3,9-11H2,1H3;/q-1;. The minimum absolute atomic E-state index is 0. The SMILES string of the molecule is CCCCC1=NC(=O)CN1Cc1cc[c-]cc1.[Y]. The minimum Gasteiger partial charge on any atom is -0.348 e. The number of rotatable bonds is 5. The summed E-state index contributed by atoms with van der Waals surface area (Å²) in [6.07, 6.45) is 3.12. The summed E-state index contributed by atoms with van der Waals surface area (Å²) in [5.74, 6) is 0.934. The van der Waals surface area contributed by atoms with E-state index in [-0.39, 0.29) is 38.6 Å². The van der Waals surface area contributed by atoms with E-state index >= 15 is 0 Å². The Morgan fingerprint density at radius 1 is 1.39 bits per heavy atom. The zero-order valence-electron chi connectivity index (χ0n) is 10.7. The summed E-state index contributed by atoms with van der Waals surface area (Å²) >= 11 is 0. The first-order valence-corrected chi connectivity index (χ1v) is 6.10. The van der Waals surface area contributed by atoms with Gasteiger partial charge in [-0.05, 0) is 6.42 Å². The van der Waals surface area contributed by atoms with Crippen LogP contribution in [-0.4, -0.2) is 23.2 Å². The Morgan fingerprint density at radius 2 is 2.11 bits per heavy atom. The van der Waals surface area contributed by atoms with Gasteiger partial charge in [-0.25, -0.2) is 0 Å². The molecule has 0 atom stereocenters. The molecule has 1 amide bonds. The Labute approximate surface area is 134 Å². The van der Waals surface area contributed by atoms with Crippen molar-refractivity contribution in [2.75, 3.05) is 6.54 Å². The topological polar surface area (TPSA) is 32.7 Å². The van der Waals surface area contributed by atoms with Crippen LogP contribution >= 0.6 is 0 Å². The molecule has 0 aliphatic carbocycles. The maximum absolute atomic E-state index is 11.4. The second-order valence-electron chi connectivity index (χ2n) is 4.29. The Kier molecular flexibility index (Phi) is 6.73. The van der Waals surface area contributed by atoms with Crippen molar-refractivity contribution >= 4 is 11.7 Å². The third kappa shape index (κ3) is 4.29. The van der Waals surface area contributed by atoms with Crippen LogP contribution in [-0.2, 0) is 44.0 Å². The van der Waals surface area contributed by atoms with Gasteiger partial charge in [0.15, 0.2) is 0 Å². The molecular weight excluding hydrogens is 301 g/mol. The van der Waals surface area contributed by atoms with Gasteiger partial charge in [0.2, 0.25) is 0 Å². The largest absolute Gasteiger partial charge is 0.348 e. The molecule has 1 heterocycles. The summed E-state index contributed by atoms with van der Waals surface area (Å²) in [6, 6.07) is 10.9. The average Bonchev–Trinajstić information content (AvgIpc) is 2.68. The zero-order valence-corrected chi connectivity index (χ0v) is 13.6. The molecule has 0 saturated carbocycles. The third-order valence-corrected chi connectivity index (χ3v) is 2.86. The molecule has 0 unspecified atom stereocenters. The van der Waals surface area contributed by atoms with E-state index in [9.17, 15) is 4.79 Å². The van der Waals surface area contributed by atoms with Gasteiger partial charge in [-0.3, -0.25) is 4.79 Å². The first kappa shape index (κ1) is 15.5. The van der Waals surface area contributed by atoms with E-state index in [2.05, 4.69) is 22.9 Å². The molecule has 1 aromatic carbocycles. The molecule has 1 aliphatic rings. The summed E-state index contributed by atoms with van der Waals surface area (Å²) in [6.45, 7) is 3.34. The second kappa shape index (κ2) is 7.80. The Bertz CT molecular complexity index is 417. The van der Waals surface area contributed by atoms with Gasteiger partial charge < -0.3 is 4.90 Å². The Balaban J connectivity index is 0.00000162. The van der Waals surface area contributed by atoms with Crippen LogP contribution in [0.4, 0.5) is 0 Å². The van der Waals surface area contributed by atoms with Crippen molar-refractivity contribution in [3.8, 4) is 0 Å². The molecule has 0 saturated heterocycles. The monoisotopic (exact) mass is 318 g/mol. The van der Waals surface area contributed by atoms with E-state index < -0.39 is 0 Å². The molecule has 0 bridgehead atoms. The first-order valence-electron chi connectivity index (χ1n) is 6.10. The van der Waals surface area contributed by atoms with E-state index in [0.717, 1.165) is 31.6 Å². The van der Waals surface area contributed by atoms with Crippen LogP contribution in [0.5, 0.6) is 0 Å². The maximum atomic E-state index is 11.4. The quantitative estimate of drug-likeness (QED) is 0.781. The molecule has 0 spiro atoms. The molecule has 1 radical (unpaired) electrons. The van der Waals surface area contributed by atoms with Crippen molar-refractivity contribution in [3.63, 3.8) is 0 Å². The predicted molar refractivity (Wildman–Crippen MR) is 67.7 cm³/mol. The maximum Gasteiger partial charge on any atom is 0.266 e. The van der Waals surface area contributed by atoms with Gasteiger partial charge in [0.05, 0.1) is 0 Å². The molecule has 18 heavy (non-hydrogen) atoms. The second-order valence-corrected chi connectivity index (χ2v) is 4.29. The van der Waals surface area contributed by atoms with Crippen molar-refractivity contribution in [1.29, 1.82) is 0 Å². The summed E-state index contributed by atoms with van der Waals surface area (Å²) in [5, 5.41) is 0. The fourth-order valence-electron chi connectivity index (χ4n) is 1.95. The van der Waals surface area contributed by atoms with Crippen molar-refractivity contribution in [1.82, 2.24) is 4.90 Å². The van der Waals surface area contributed by atoms with Gasteiger partial charge in [-0.2, -0.15) is 35.3 Å². The number of unbranched alkanes of at least 4 members (excludes halogenated alkanes) is 1. The van der Waals surface area contributed by atoms with E-state index in [1.54, 1.807) is 0 Å². The van der Waals surface area contributed by atoms with Crippen LogP contribution in [0.2, 0.25) is 0 Å². The average molecular weight is 318 g/mol. The number of hydrogen-bond acceptors (Lipinski definition) is 2. The van der Waals surface area contributed by atoms with Gasteiger partial charge in [-0.1, -0.05) is 13.3 Å². The number of aliphatic imine (C=N–C) groups is 1. The van der Waals surface area contributed by atoms with Gasteiger partial charge >= 0.3 is 0 Å². The smallest absolute Gasteiger partial charge is 0.266 e. The van der Waals surface area contributed by atoms with E-state index in [0.29, 0.717) is 6.54 Å². The van der Waals surface area contributed by atoms with E-state index in [1.165, 1.54) is 5.56 Å². The van der Waals surface area contributed by atoms with Gasteiger partial charge in [0, 0.05) is 45.7 Å². The molecule has 3 nitrogen and oxygen atoms in total. The molecule has 0 fully saturated rings. The van der Waals surface area contributed by atoms with Crippen LogP contribution in [0.3, 0.4) is 0 Å². The van der Waals surface area contributed by atoms with Crippen molar-refractivity contribution < 1.29 is 37.5 Å². The van der Waals surface area contributed by atoms with Crippen LogP contribution in [0, 0.1) is 6.07 Å². The number of nitrogens with zero attached hydrogens (tertiary/aromatic N) is 2. The number of carbonyl (C=O) groups is 1. The number of carbonyl (C=O) groups excluding carboxylic acids is 1. The van der Waals surface area contributed by atoms with Gasteiger partial charge in [0.25, 0.3) is 5.91 Å². The molecule has 1 aliphatic heterocycles. The Morgan fingerprint density at radius 3 is 2.78 bits per heavy atom. The van der Waals surface area contributed by atoms with E-state index in [4.69, 9.17) is 0 Å². The van der Waals surface area contributed by atoms with Crippen LogP contribution in [0.15, 0.2) is 29.3 Å². The number of amides is 1. The number of hydrogen-bond donors (Lipinski definition) is 0. The van der Waals surface area contributed by atoms with Crippen molar-refractivity contribution in [3.05, 3.63) is 35.9 Å². The minimum atomic E-state index is -0.0152. The van der Waals surface area contributed by atoms with Gasteiger partial charge in [0.1, 0.15) is 12.4 Å². The summed E-state index contributed by atoms with van der Waals surface area (Å²) < 4.78 is 0. The fourth-order valence-corrected chi connectivity index (χ4v) is 1.95. The van der Waals surface area contributed by atoms with Crippen LogP contribution in [0.1, 0.15) is 31.7 Å². The Hall–Kier alpha value is -0.536. The van der Waals surface area contributed by atoms with E-state index in [1.807, 2.05) is 24.3 Å². The fraction of sp³-hybridized carbons (Fsp3) is 0.429. The summed E-state index contributed by atoms with van der Waals surface area (Å²) in [7, 11) is 0. The van der Waals surface area contributed by atoms with Gasteiger partial charge in [-0.15, -0.1) is 5.56 Å². The van der Waals surface area contributed by atoms with Crippen molar-refractivity contribution in [2.24, 2.45) is 4.99 Å². The zero-order chi connectivity index (χ0) is 12.1. The predicted octanol–water partition coefficient (Wildman–Crippen LogP) is 2.42.